The van der Waals surface area contributed by atoms with Gasteiger partial charge >= 0.3 is 5.97 Å². The third kappa shape index (κ3) is 5.43. The van der Waals surface area contributed by atoms with E-state index in [1.165, 1.54) is 31.7 Å². The van der Waals surface area contributed by atoms with E-state index in [4.69, 9.17) is 0 Å². The predicted molar refractivity (Wildman–Crippen MR) is 93.0 cm³/mol. The molecule has 1 aliphatic rings. The lowest BCUT2D eigenvalue weighted by Gasteiger charge is -2.16. The van der Waals surface area contributed by atoms with Crippen LogP contribution in [0.15, 0.2) is 18.2 Å². The third-order valence-corrected chi connectivity index (χ3v) is 5.50. The number of esters is 1. The molecule has 23 heavy (non-hydrogen) atoms. The molecule has 1 fully saturated rings. The molecule has 1 saturated carbocycles. The molecular formula is C18H26O4S. The second kappa shape index (κ2) is 9.18. The fourth-order valence-electron chi connectivity index (χ4n) is 3.13. The standard InChI is InChI=1S/C18H26O4S/c1-22-17(20)9-10-23-12-15(19)11-14-7-4-8-16(18(14)21)13-5-2-3-6-13/h4,7-8,13,15,19,21H,2-3,5-6,9-12H2,1H3. The molecule has 0 aromatic heterocycles. The van der Waals surface area contributed by atoms with E-state index in [1.54, 1.807) is 0 Å². The van der Waals surface area contributed by atoms with Gasteiger partial charge in [0.2, 0.25) is 0 Å². The number of para-hydroxylation sites is 1. The number of carbonyl (C=O) groups excluding carboxylic acids is 1. The van der Waals surface area contributed by atoms with Crippen molar-refractivity contribution in [1.29, 1.82) is 0 Å². The molecular weight excluding hydrogens is 312 g/mol. The summed E-state index contributed by atoms with van der Waals surface area (Å²) in [4.78, 5) is 11.0. The van der Waals surface area contributed by atoms with Crippen LogP contribution in [0.5, 0.6) is 5.75 Å². The number of carbonyl (C=O) groups is 1. The highest BCUT2D eigenvalue weighted by Gasteiger charge is 2.21. The molecule has 1 atom stereocenters. The van der Waals surface area contributed by atoms with Gasteiger partial charge in [-0.15, -0.1) is 0 Å². The van der Waals surface area contributed by atoms with Crippen LogP contribution in [0, 0.1) is 0 Å². The first-order chi connectivity index (χ1) is 11.1. The number of aliphatic hydroxyl groups excluding tert-OH is 1. The first-order valence-electron chi connectivity index (χ1n) is 8.25. The van der Waals surface area contributed by atoms with Crippen LogP contribution in [0.25, 0.3) is 0 Å². The van der Waals surface area contributed by atoms with E-state index in [0.29, 0.717) is 36.0 Å². The van der Waals surface area contributed by atoms with Gasteiger partial charge in [-0.3, -0.25) is 4.79 Å². The molecule has 4 nitrogen and oxygen atoms in total. The zero-order valence-electron chi connectivity index (χ0n) is 13.7. The minimum absolute atomic E-state index is 0.228. The fraction of sp³-hybridized carbons (Fsp3) is 0.611. The maximum absolute atomic E-state index is 11.0. The Morgan fingerprint density at radius 1 is 1.39 bits per heavy atom. The summed E-state index contributed by atoms with van der Waals surface area (Å²) in [5.74, 6) is 1.77. The topological polar surface area (TPSA) is 66.8 Å². The van der Waals surface area contributed by atoms with Crippen molar-refractivity contribution >= 4 is 17.7 Å². The molecule has 1 aromatic carbocycles. The lowest BCUT2D eigenvalue weighted by molar-refractivity contribution is -0.140. The third-order valence-electron chi connectivity index (χ3n) is 4.39. The molecule has 128 valence electrons. The van der Waals surface area contributed by atoms with Gasteiger partial charge < -0.3 is 14.9 Å². The number of phenolic OH excluding ortho intramolecular Hbond substituents is 1. The number of phenols is 1. The largest absolute Gasteiger partial charge is 0.507 e. The molecule has 5 heteroatoms. The van der Waals surface area contributed by atoms with Crippen molar-refractivity contribution in [2.24, 2.45) is 0 Å². The number of thioether (sulfide) groups is 1. The molecule has 2 N–H and O–H groups in total. The van der Waals surface area contributed by atoms with E-state index in [1.807, 2.05) is 18.2 Å². The van der Waals surface area contributed by atoms with Gasteiger partial charge in [-0.1, -0.05) is 31.0 Å². The van der Waals surface area contributed by atoms with Crippen LogP contribution in [0.3, 0.4) is 0 Å². The quantitative estimate of drug-likeness (QED) is 0.562. The molecule has 0 radical (unpaired) electrons. The average Bonchev–Trinajstić information content (AvgIpc) is 3.07. The Morgan fingerprint density at radius 3 is 2.83 bits per heavy atom. The number of hydrogen-bond donors (Lipinski definition) is 2. The van der Waals surface area contributed by atoms with Crippen LogP contribution in [0.2, 0.25) is 0 Å². The van der Waals surface area contributed by atoms with Crippen LogP contribution in [-0.2, 0) is 16.0 Å². The lowest BCUT2D eigenvalue weighted by atomic mass is 9.93. The van der Waals surface area contributed by atoms with Crippen LogP contribution < -0.4 is 0 Å². The first-order valence-corrected chi connectivity index (χ1v) is 9.40. The van der Waals surface area contributed by atoms with Gasteiger partial charge in [-0.05, 0) is 29.9 Å². The molecule has 0 heterocycles. The molecule has 0 aliphatic heterocycles. The molecule has 0 amide bonds. The Hall–Kier alpha value is -1.20. The molecule has 1 unspecified atom stereocenters. The summed E-state index contributed by atoms with van der Waals surface area (Å²) in [6, 6.07) is 5.86. The van der Waals surface area contributed by atoms with Crippen molar-refractivity contribution in [2.75, 3.05) is 18.6 Å². The molecule has 0 bridgehead atoms. The monoisotopic (exact) mass is 338 g/mol. The normalized spacial score (nSPS) is 16.4. The molecule has 1 aromatic rings. The van der Waals surface area contributed by atoms with Crippen molar-refractivity contribution in [3.8, 4) is 5.75 Å². The number of rotatable bonds is 8. The van der Waals surface area contributed by atoms with E-state index in [0.717, 1.165) is 24.0 Å². The van der Waals surface area contributed by atoms with Crippen LogP contribution in [0.1, 0.15) is 49.1 Å². The van der Waals surface area contributed by atoms with E-state index >= 15 is 0 Å². The molecule has 0 saturated heterocycles. The van der Waals surface area contributed by atoms with Gasteiger partial charge in [0.25, 0.3) is 0 Å². The highest BCUT2D eigenvalue weighted by atomic mass is 32.2. The molecule has 0 spiro atoms. The van der Waals surface area contributed by atoms with Crippen molar-refractivity contribution in [1.82, 2.24) is 0 Å². The van der Waals surface area contributed by atoms with E-state index < -0.39 is 6.10 Å². The molecule has 2 rings (SSSR count). The zero-order valence-corrected chi connectivity index (χ0v) is 14.5. The van der Waals surface area contributed by atoms with E-state index in [9.17, 15) is 15.0 Å². The van der Waals surface area contributed by atoms with Crippen LogP contribution >= 0.6 is 11.8 Å². The first kappa shape index (κ1) is 18.1. The second-order valence-electron chi connectivity index (χ2n) is 6.10. The van der Waals surface area contributed by atoms with Crippen molar-refractivity contribution in [3.05, 3.63) is 29.3 Å². The second-order valence-corrected chi connectivity index (χ2v) is 7.25. The number of methoxy groups -OCH3 is 1. The van der Waals surface area contributed by atoms with Crippen molar-refractivity contribution < 1.29 is 19.7 Å². The maximum atomic E-state index is 11.0. The summed E-state index contributed by atoms with van der Waals surface area (Å²) < 4.78 is 4.58. The fourth-order valence-corrected chi connectivity index (χ4v) is 4.00. The van der Waals surface area contributed by atoms with Gasteiger partial charge in [-0.2, -0.15) is 11.8 Å². The maximum Gasteiger partial charge on any atom is 0.306 e. The van der Waals surface area contributed by atoms with Gasteiger partial charge in [0.15, 0.2) is 0 Å². The highest BCUT2D eigenvalue weighted by Crippen LogP contribution is 2.39. The molecule has 1 aliphatic carbocycles. The summed E-state index contributed by atoms with van der Waals surface area (Å²) in [5.41, 5.74) is 1.85. The van der Waals surface area contributed by atoms with Crippen molar-refractivity contribution in [3.63, 3.8) is 0 Å². The number of hydrogen-bond acceptors (Lipinski definition) is 5. The van der Waals surface area contributed by atoms with Gasteiger partial charge in [0.1, 0.15) is 5.75 Å². The number of ether oxygens (including phenoxy) is 1. The van der Waals surface area contributed by atoms with Gasteiger partial charge in [0.05, 0.1) is 19.6 Å². The summed E-state index contributed by atoms with van der Waals surface area (Å²) in [6.07, 6.45) is 5.02. The number of aliphatic hydroxyl groups is 1. The lowest BCUT2D eigenvalue weighted by Crippen LogP contribution is -2.15. The Balaban J connectivity index is 1.84. The Labute approximate surface area is 142 Å². The summed E-state index contributed by atoms with van der Waals surface area (Å²) in [5, 5.41) is 20.7. The average molecular weight is 338 g/mol. The highest BCUT2D eigenvalue weighted by molar-refractivity contribution is 7.99. The number of aromatic hydroxyl groups is 1. The van der Waals surface area contributed by atoms with Gasteiger partial charge in [0, 0.05) is 17.9 Å². The predicted octanol–water partition coefficient (Wildman–Crippen LogP) is 3.25. The SMILES string of the molecule is COC(=O)CCSCC(O)Cc1cccc(C2CCCC2)c1O. The summed E-state index contributed by atoms with van der Waals surface area (Å²) in [7, 11) is 1.38. The van der Waals surface area contributed by atoms with E-state index in [2.05, 4.69) is 4.74 Å². The van der Waals surface area contributed by atoms with Crippen LogP contribution in [0.4, 0.5) is 0 Å². The Bertz CT molecular complexity index is 512. The minimum atomic E-state index is -0.526. The number of benzene rings is 1. The summed E-state index contributed by atoms with van der Waals surface area (Å²) in [6.45, 7) is 0. The van der Waals surface area contributed by atoms with Crippen LogP contribution in [-0.4, -0.2) is 40.9 Å². The summed E-state index contributed by atoms with van der Waals surface area (Å²) >= 11 is 1.53. The smallest absolute Gasteiger partial charge is 0.306 e. The zero-order chi connectivity index (χ0) is 16.7. The van der Waals surface area contributed by atoms with Gasteiger partial charge in [-0.25, -0.2) is 0 Å². The Morgan fingerprint density at radius 2 is 2.13 bits per heavy atom. The minimum Gasteiger partial charge on any atom is -0.507 e. The Kier molecular flexibility index (Phi) is 7.24. The van der Waals surface area contributed by atoms with E-state index in [-0.39, 0.29) is 5.97 Å². The van der Waals surface area contributed by atoms with Crippen molar-refractivity contribution in [2.45, 2.75) is 50.5 Å².